The van der Waals surface area contributed by atoms with Crippen LogP contribution in [0, 0.1) is 0 Å². The highest BCUT2D eigenvalue weighted by molar-refractivity contribution is 7.98. The largest absolute Gasteiger partial charge is 0.325 e. The van der Waals surface area contributed by atoms with Gasteiger partial charge in [0, 0.05) is 30.0 Å². The first-order valence-corrected chi connectivity index (χ1v) is 13.2. The van der Waals surface area contributed by atoms with Crippen molar-refractivity contribution in [2.75, 3.05) is 16.8 Å². The van der Waals surface area contributed by atoms with E-state index in [1.807, 2.05) is 43.3 Å². The predicted octanol–water partition coefficient (Wildman–Crippen LogP) is 5.37. The summed E-state index contributed by atoms with van der Waals surface area (Å²) in [4.78, 5) is 43.4. The van der Waals surface area contributed by atoms with E-state index in [0.29, 0.717) is 24.1 Å². The molecular formula is C26H25N3O3S2. The third-order valence-electron chi connectivity index (χ3n) is 6.44. The van der Waals surface area contributed by atoms with Crippen molar-refractivity contribution < 1.29 is 14.4 Å². The highest BCUT2D eigenvalue weighted by atomic mass is 32.2. The molecule has 2 aromatic carbocycles. The molecule has 8 heteroatoms. The number of benzene rings is 2. The Morgan fingerprint density at radius 3 is 2.74 bits per heavy atom. The van der Waals surface area contributed by atoms with Crippen LogP contribution in [-0.2, 0) is 15.3 Å². The number of hydrogen-bond acceptors (Lipinski definition) is 5. The zero-order valence-electron chi connectivity index (χ0n) is 18.8. The molecule has 0 aliphatic carbocycles. The number of fused-ring (bicyclic) bond motifs is 3. The van der Waals surface area contributed by atoms with Gasteiger partial charge < -0.3 is 10.2 Å². The fraction of sp³-hybridized carbons (Fsp3) is 0.269. The number of nitrogens with zero attached hydrogens (tertiary/aromatic N) is 2. The number of carbonyl (C=O) groups is 3. The van der Waals surface area contributed by atoms with Gasteiger partial charge in [-0.1, -0.05) is 24.3 Å². The Morgan fingerprint density at radius 1 is 1.12 bits per heavy atom. The Bertz CT molecular complexity index is 1240. The van der Waals surface area contributed by atoms with Gasteiger partial charge in [-0.25, -0.2) is 0 Å². The average molecular weight is 492 g/mol. The van der Waals surface area contributed by atoms with Crippen molar-refractivity contribution in [1.29, 1.82) is 0 Å². The van der Waals surface area contributed by atoms with Crippen molar-refractivity contribution in [2.45, 2.75) is 42.5 Å². The number of thioether (sulfide) groups is 1. The van der Waals surface area contributed by atoms with Crippen LogP contribution in [0.4, 0.5) is 11.4 Å². The van der Waals surface area contributed by atoms with Crippen molar-refractivity contribution in [3.63, 3.8) is 0 Å². The van der Waals surface area contributed by atoms with E-state index in [-0.39, 0.29) is 30.7 Å². The summed E-state index contributed by atoms with van der Waals surface area (Å²) < 4.78 is 0. The fourth-order valence-electron chi connectivity index (χ4n) is 4.70. The summed E-state index contributed by atoms with van der Waals surface area (Å²) >= 11 is 3.35. The second-order valence-electron chi connectivity index (χ2n) is 8.63. The summed E-state index contributed by atoms with van der Waals surface area (Å²) in [5, 5.41) is 7.20. The van der Waals surface area contributed by atoms with Crippen LogP contribution in [0.15, 0.2) is 70.3 Å². The van der Waals surface area contributed by atoms with Crippen LogP contribution >= 0.6 is 23.1 Å². The quantitative estimate of drug-likeness (QED) is 0.451. The Morgan fingerprint density at radius 2 is 1.91 bits per heavy atom. The van der Waals surface area contributed by atoms with Gasteiger partial charge in [-0.2, -0.15) is 11.3 Å². The molecular weight excluding hydrogens is 466 g/mol. The lowest BCUT2D eigenvalue weighted by atomic mass is 9.98. The maximum atomic E-state index is 13.3. The summed E-state index contributed by atoms with van der Waals surface area (Å²) in [6.07, 6.45) is 1.08. The highest BCUT2D eigenvalue weighted by Gasteiger charge is 2.52. The number of carbonyl (C=O) groups excluding carboxylic acids is 3. The molecule has 34 heavy (non-hydrogen) atoms. The summed E-state index contributed by atoms with van der Waals surface area (Å²) in [7, 11) is 0. The standard InChI is InChI=1S/C26H25N3O3S2/c1-26-13-10-24(31)29(26)21-8-4-2-6-19(21)25(32)28(26)14-11-23(30)27-20-7-3-5-9-22(20)34-17-18-12-15-33-16-18/h2-9,12,15-16H,10-11,13-14,17H2,1H3,(H,27,30). The second-order valence-corrected chi connectivity index (χ2v) is 10.4. The SMILES string of the molecule is CC12CCC(=O)N1c1ccccc1C(=O)N2CCC(=O)Nc1ccccc1SCc1ccsc1. The molecule has 6 nitrogen and oxygen atoms in total. The molecule has 0 bridgehead atoms. The van der Waals surface area contributed by atoms with E-state index in [0.717, 1.165) is 16.3 Å². The molecule has 1 fully saturated rings. The molecule has 0 radical (unpaired) electrons. The number of amides is 3. The van der Waals surface area contributed by atoms with Crippen molar-refractivity contribution in [3.05, 3.63) is 76.5 Å². The van der Waals surface area contributed by atoms with Crippen molar-refractivity contribution in [1.82, 2.24) is 4.90 Å². The molecule has 3 heterocycles. The molecule has 174 valence electrons. The molecule has 3 amide bonds. The minimum atomic E-state index is -0.753. The van der Waals surface area contributed by atoms with Crippen LogP contribution in [-0.4, -0.2) is 34.8 Å². The number of hydrogen-bond donors (Lipinski definition) is 1. The minimum absolute atomic E-state index is 0.00785. The second kappa shape index (κ2) is 9.27. The lowest BCUT2D eigenvalue weighted by Crippen LogP contribution is -2.62. The number of anilines is 2. The lowest BCUT2D eigenvalue weighted by molar-refractivity contribution is -0.117. The lowest BCUT2D eigenvalue weighted by Gasteiger charge is -2.48. The van der Waals surface area contributed by atoms with Crippen LogP contribution < -0.4 is 10.2 Å². The first-order valence-electron chi connectivity index (χ1n) is 11.2. The third-order valence-corrected chi connectivity index (χ3v) is 8.32. The molecule has 1 atom stereocenters. The van der Waals surface area contributed by atoms with Gasteiger partial charge in [0.1, 0.15) is 5.66 Å². The van der Waals surface area contributed by atoms with Gasteiger partial charge >= 0.3 is 0 Å². The molecule has 3 aromatic rings. The van der Waals surface area contributed by atoms with Gasteiger partial charge in [0.25, 0.3) is 5.91 Å². The van der Waals surface area contributed by atoms with E-state index in [1.54, 1.807) is 45.0 Å². The fourth-order valence-corrected chi connectivity index (χ4v) is 6.42. The van der Waals surface area contributed by atoms with Crippen molar-refractivity contribution >= 4 is 52.2 Å². The van der Waals surface area contributed by atoms with E-state index < -0.39 is 5.66 Å². The van der Waals surface area contributed by atoms with E-state index >= 15 is 0 Å². The van der Waals surface area contributed by atoms with Crippen LogP contribution in [0.3, 0.4) is 0 Å². The first-order chi connectivity index (χ1) is 16.5. The first kappa shape index (κ1) is 22.7. The summed E-state index contributed by atoms with van der Waals surface area (Å²) in [6.45, 7) is 2.16. The maximum Gasteiger partial charge on any atom is 0.257 e. The van der Waals surface area contributed by atoms with Gasteiger partial charge in [0.2, 0.25) is 11.8 Å². The Balaban J connectivity index is 1.29. The normalized spacial score (nSPS) is 19.2. The van der Waals surface area contributed by atoms with Gasteiger partial charge in [-0.05, 0) is 60.0 Å². The molecule has 0 saturated carbocycles. The van der Waals surface area contributed by atoms with Crippen molar-refractivity contribution in [3.8, 4) is 0 Å². The summed E-state index contributed by atoms with van der Waals surface area (Å²) in [6, 6.07) is 17.1. The van der Waals surface area contributed by atoms with Crippen LogP contribution in [0.5, 0.6) is 0 Å². The highest BCUT2D eigenvalue weighted by Crippen LogP contribution is 2.44. The van der Waals surface area contributed by atoms with E-state index in [9.17, 15) is 14.4 Å². The monoisotopic (exact) mass is 491 g/mol. The van der Waals surface area contributed by atoms with E-state index in [1.165, 1.54) is 5.56 Å². The molecule has 1 N–H and O–H groups in total. The molecule has 5 rings (SSSR count). The van der Waals surface area contributed by atoms with E-state index in [2.05, 4.69) is 22.1 Å². The van der Waals surface area contributed by atoms with Crippen LogP contribution in [0.2, 0.25) is 0 Å². The average Bonchev–Trinajstić information content (AvgIpc) is 3.46. The zero-order chi connectivity index (χ0) is 23.7. The van der Waals surface area contributed by atoms with Crippen LogP contribution in [0.1, 0.15) is 42.1 Å². The molecule has 0 spiro atoms. The van der Waals surface area contributed by atoms with Gasteiger partial charge in [0.05, 0.1) is 16.9 Å². The number of para-hydroxylation sites is 2. The molecule has 1 unspecified atom stereocenters. The smallest absolute Gasteiger partial charge is 0.257 e. The minimum Gasteiger partial charge on any atom is -0.325 e. The Hall–Kier alpha value is -3.10. The van der Waals surface area contributed by atoms with Crippen LogP contribution in [0.25, 0.3) is 0 Å². The summed E-state index contributed by atoms with van der Waals surface area (Å²) in [5.74, 6) is 0.548. The molecule has 2 aliphatic heterocycles. The predicted molar refractivity (Wildman–Crippen MR) is 136 cm³/mol. The molecule has 1 saturated heterocycles. The third kappa shape index (κ3) is 4.12. The number of thiophene rings is 1. The van der Waals surface area contributed by atoms with Gasteiger partial charge in [-0.3, -0.25) is 19.3 Å². The Kier molecular flexibility index (Phi) is 6.18. The molecule has 1 aromatic heterocycles. The van der Waals surface area contributed by atoms with Gasteiger partial charge in [-0.15, -0.1) is 11.8 Å². The number of nitrogens with one attached hydrogen (secondary N) is 1. The molecule has 2 aliphatic rings. The maximum absolute atomic E-state index is 13.3. The Labute approximate surface area is 207 Å². The van der Waals surface area contributed by atoms with Crippen molar-refractivity contribution in [2.24, 2.45) is 0 Å². The topological polar surface area (TPSA) is 69.7 Å². The van der Waals surface area contributed by atoms with Gasteiger partial charge in [0.15, 0.2) is 0 Å². The number of rotatable bonds is 7. The zero-order valence-corrected chi connectivity index (χ0v) is 20.5. The van der Waals surface area contributed by atoms with E-state index in [4.69, 9.17) is 0 Å². The summed E-state index contributed by atoms with van der Waals surface area (Å²) in [5.41, 5.74) is 2.44.